The van der Waals surface area contributed by atoms with Gasteiger partial charge in [-0.3, -0.25) is 5.32 Å². The molecule has 1 amide bonds. The Hall–Kier alpha value is -1.10. The molecular weight excluding hydrogens is 140 g/mol. The minimum atomic E-state index is -1.06. The van der Waals surface area contributed by atoms with Crippen molar-refractivity contribution in [2.45, 2.75) is 0 Å². The van der Waals surface area contributed by atoms with Gasteiger partial charge in [-0.2, -0.15) is 4.37 Å². The first-order valence-corrected chi connectivity index (χ1v) is 3.02. The number of carboxylic acid groups (broad SMARTS) is 1. The topological polar surface area (TPSA) is 62.2 Å². The Bertz CT molecular complexity index is 196. The molecule has 0 saturated carbocycles. The van der Waals surface area contributed by atoms with Gasteiger partial charge in [0.25, 0.3) is 0 Å². The quantitative estimate of drug-likeness (QED) is 0.623. The van der Waals surface area contributed by atoms with Crippen molar-refractivity contribution in [2.24, 2.45) is 0 Å². The Morgan fingerprint density at radius 2 is 2.67 bits per heavy atom. The van der Waals surface area contributed by atoms with Gasteiger partial charge in [0.05, 0.1) is 11.9 Å². The molecule has 0 saturated heterocycles. The fourth-order valence-corrected chi connectivity index (χ4v) is 0.859. The van der Waals surface area contributed by atoms with E-state index in [9.17, 15) is 4.79 Å². The van der Waals surface area contributed by atoms with E-state index in [1.54, 1.807) is 5.38 Å². The molecule has 1 heterocycles. The van der Waals surface area contributed by atoms with Crippen molar-refractivity contribution in [3.8, 4) is 0 Å². The summed E-state index contributed by atoms with van der Waals surface area (Å²) in [5.41, 5.74) is 0.521. The van der Waals surface area contributed by atoms with Crippen molar-refractivity contribution in [1.82, 2.24) is 4.37 Å². The smallest absolute Gasteiger partial charge is 0.409 e. The molecule has 2 N–H and O–H groups in total. The van der Waals surface area contributed by atoms with Crippen LogP contribution in [0.3, 0.4) is 0 Å². The zero-order chi connectivity index (χ0) is 6.69. The lowest BCUT2D eigenvalue weighted by atomic mass is 10.6. The molecule has 1 aromatic heterocycles. The number of rotatable bonds is 1. The van der Waals surface area contributed by atoms with E-state index in [1.807, 2.05) is 0 Å². The Morgan fingerprint density at radius 1 is 1.89 bits per heavy atom. The van der Waals surface area contributed by atoms with Crippen LogP contribution < -0.4 is 5.32 Å². The summed E-state index contributed by atoms with van der Waals surface area (Å²) in [6, 6.07) is 0. The fourth-order valence-electron chi connectivity index (χ4n) is 0.390. The summed E-state index contributed by atoms with van der Waals surface area (Å²) >= 11 is 1.21. The molecule has 0 aromatic carbocycles. The molecule has 0 aliphatic rings. The van der Waals surface area contributed by atoms with Crippen LogP contribution in [0.5, 0.6) is 0 Å². The van der Waals surface area contributed by atoms with E-state index in [1.165, 1.54) is 17.7 Å². The lowest BCUT2D eigenvalue weighted by Crippen LogP contribution is -2.05. The molecule has 48 valence electrons. The molecule has 1 aromatic rings. The van der Waals surface area contributed by atoms with E-state index in [0.29, 0.717) is 5.69 Å². The van der Waals surface area contributed by atoms with Gasteiger partial charge in [-0.1, -0.05) is 0 Å². The maximum Gasteiger partial charge on any atom is 0.409 e. The maximum absolute atomic E-state index is 9.93. The van der Waals surface area contributed by atoms with Gasteiger partial charge in [-0.05, 0) is 11.5 Å². The van der Waals surface area contributed by atoms with Crippen LogP contribution in [0.15, 0.2) is 11.6 Å². The van der Waals surface area contributed by atoms with Gasteiger partial charge in [0, 0.05) is 5.38 Å². The van der Waals surface area contributed by atoms with Crippen LogP contribution in [-0.2, 0) is 0 Å². The van der Waals surface area contributed by atoms with E-state index in [4.69, 9.17) is 5.11 Å². The third-order valence-electron chi connectivity index (χ3n) is 0.684. The van der Waals surface area contributed by atoms with Crippen molar-refractivity contribution < 1.29 is 9.90 Å². The molecule has 0 spiro atoms. The van der Waals surface area contributed by atoms with E-state index in [-0.39, 0.29) is 0 Å². The predicted octanol–water partition coefficient (Wildman–Crippen LogP) is 1.23. The van der Waals surface area contributed by atoms with Gasteiger partial charge >= 0.3 is 6.09 Å². The number of nitrogens with one attached hydrogen (secondary N) is 1. The van der Waals surface area contributed by atoms with E-state index in [0.717, 1.165) is 0 Å². The van der Waals surface area contributed by atoms with Crippen LogP contribution >= 0.6 is 11.5 Å². The average molecular weight is 144 g/mol. The molecule has 0 aliphatic carbocycles. The third kappa shape index (κ3) is 1.69. The first-order valence-electron chi connectivity index (χ1n) is 2.18. The minimum Gasteiger partial charge on any atom is -0.465 e. The highest BCUT2D eigenvalue weighted by molar-refractivity contribution is 7.04. The van der Waals surface area contributed by atoms with Gasteiger partial charge < -0.3 is 5.11 Å². The number of hydrogen-bond donors (Lipinski definition) is 2. The van der Waals surface area contributed by atoms with Crippen LogP contribution in [-0.4, -0.2) is 15.6 Å². The highest BCUT2D eigenvalue weighted by atomic mass is 32.1. The first-order chi connectivity index (χ1) is 4.29. The van der Waals surface area contributed by atoms with Crippen molar-refractivity contribution in [2.75, 3.05) is 5.32 Å². The number of nitrogens with zero attached hydrogens (tertiary/aromatic N) is 1. The van der Waals surface area contributed by atoms with E-state index >= 15 is 0 Å². The summed E-state index contributed by atoms with van der Waals surface area (Å²) in [6.45, 7) is 0. The number of hydrogen-bond acceptors (Lipinski definition) is 3. The lowest BCUT2D eigenvalue weighted by Gasteiger charge is -1.90. The summed E-state index contributed by atoms with van der Waals surface area (Å²) in [6.07, 6.45) is 0.397. The summed E-state index contributed by atoms with van der Waals surface area (Å²) in [7, 11) is 0. The standard InChI is InChI=1S/C4H4N2O2S/c7-4(8)6-3-1-5-9-2-3/h1-2,6H,(H,7,8). The van der Waals surface area contributed by atoms with Gasteiger partial charge in [-0.15, -0.1) is 0 Å². The van der Waals surface area contributed by atoms with Crippen LogP contribution in [0.1, 0.15) is 0 Å². The minimum absolute atomic E-state index is 0.521. The highest BCUT2D eigenvalue weighted by Gasteiger charge is 1.95. The average Bonchev–Trinajstić information content (AvgIpc) is 2.15. The molecule has 5 heteroatoms. The molecule has 9 heavy (non-hydrogen) atoms. The molecule has 0 atom stereocenters. The zero-order valence-electron chi connectivity index (χ0n) is 4.37. The lowest BCUT2D eigenvalue weighted by molar-refractivity contribution is 0.210. The Morgan fingerprint density at radius 3 is 3.11 bits per heavy atom. The van der Waals surface area contributed by atoms with Crippen molar-refractivity contribution in [3.63, 3.8) is 0 Å². The largest absolute Gasteiger partial charge is 0.465 e. The molecule has 0 aliphatic heterocycles. The van der Waals surface area contributed by atoms with Gasteiger partial charge in [0.15, 0.2) is 0 Å². The van der Waals surface area contributed by atoms with Crippen molar-refractivity contribution in [3.05, 3.63) is 11.6 Å². The fraction of sp³-hybridized carbons (Fsp3) is 0. The van der Waals surface area contributed by atoms with E-state index < -0.39 is 6.09 Å². The highest BCUT2D eigenvalue weighted by Crippen LogP contribution is 2.06. The SMILES string of the molecule is O=C(O)Nc1cnsc1. The Labute approximate surface area is 55.3 Å². The second-order valence-electron chi connectivity index (χ2n) is 1.34. The third-order valence-corrected chi connectivity index (χ3v) is 1.27. The summed E-state index contributed by atoms with van der Waals surface area (Å²) in [5.74, 6) is 0. The summed E-state index contributed by atoms with van der Waals surface area (Å²) < 4.78 is 3.69. The number of amides is 1. The molecule has 0 fully saturated rings. The van der Waals surface area contributed by atoms with E-state index in [2.05, 4.69) is 9.69 Å². The van der Waals surface area contributed by atoms with Crippen LogP contribution in [0.2, 0.25) is 0 Å². The summed E-state index contributed by atoms with van der Waals surface area (Å²) in [5, 5.41) is 11.9. The molecule has 0 bridgehead atoms. The second kappa shape index (κ2) is 2.45. The number of aromatic nitrogens is 1. The Kier molecular flexibility index (Phi) is 1.64. The molecule has 1 rings (SSSR count). The maximum atomic E-state index is 9.93. The van der Waals surface area contributed by atoms with Gasteiger partial charge in [-0.25, -0.2) is 4.79 Å². The second-order valence-corrected chi connectivity index (χ2v) is 2.00. The number of anilines is 1. The molecule has 0 radical (unpaired) electrons. The first kappa shape index (κ1) is 6.03. The summed E-state index contributed by atoms with van der Waals surface area (Å²) in [4.78, 5) is 9.93. The molecular formula is C4H4N2O2S. The van der Waals surface area contributed by atoms with Crippen molar-refractivity contribution in [1.29, 1.82) is 0 Å². The van der Waals surface area contributed by atoms with Gasteiger partial charge in [0.2, 0.25) is 0 Å². The normalized spacial score (nSPS) is 8.89. The van der Waals surface area contributed by atoms with Crippen LogP contribution in [0.4, 0.5) is 10.5 Å². The monoisotopic (exact) mass is 144 g/mol. The van der Waals surface area contributed by atoms with Crippen LogP contribution in [0.25, 0.3) is 0 Å². The Balaban J connectivity index is 2.58. The zero-order valence-corrected chi connectivity index (χ0v) is 5.18. The van der Waals surface area contributed by atoms with Gasteiger partial charge in [0.1, 0.15) is 0 Å². The molecule has 0 unspecified atom stereocenters. The molecule has 4 nitrogen and oxygen atoms in total. The number of carbonyl (C=O) groups is 1. The van der Waals surface area contributed by atoms with Crippen LogP contribution in [0, 0.1) is 0 Å². The van der Waals surface area contributed by atoms with Crippen molar-refractivity contribution >= 4 is 23.3 Å². The predicted molar refractivity (Wildman–Crippen MR) is 33.8 cm³/mol.